The fourth-order valence-electron chi connectivity index (χ4n) is 2.48. The molecule has 1 N–H and O–H groups in total. The van der Waals surface area contributed by atoms with Gasteiger partial charge >= 0.3 is 6.18 Å². The Labute approximate surface area is 159 Å². The van der Waals surface area contributed by atoms with Crippen molar-refractivity contribution in [1.29, 1.82) is 0 Å². The highest BCUT2D eigenvalue weighted by Gasteiger charge is 2.28. The van der Waals surface area contributed by atoms with Gasteiger partial charge in [0.2, 0.25) is 11.8 Å². The number of benzene rings is 2. The summed E-state index contributed by atoms with van der Waals surface area (Å²) in [5.41, 5.74) is 1.61. The minimum atomic E-state index is -4.43. The highest BCUT2D eigenvalue weighted by molar-refractivity contribution is 5.92. The third-order valence-electron chi connectivity index (χ3n) is 3.76. The molecule has 1 amide bonds. The molecule has 0 aliphatic carbocycles. The number of aromatic nitrogens is 1. The van der Waals surface area contributed by atoms with E-state index < -0.39 is 12.8 Å². The standard InChI is InChI=1S/C20H17F3N2O3/c1-13-17(25-19(28-13)14-6-3-2-4-7-14)11-18(26)24-15-8-5-9-16(10-15)27-12-20(21,22)23/h2-10H,11-12H2,1H3,(H,24,26). The number of carbonyl (C=O) groups is 1. The van der Waals surface area contributed by atoms with Crippen LogP contribution in [0.15, 0.2) is 59.0 Å². The van der Waals surface area contributed by atoms with Crippen LogP contribution in [-0.2, 0) is 11.2 Å². The number of nitrogens with zero attached hydrogens (tertiary/aromatic N) is 1. The van der Waals surface area contributed by atoms with Gasteiger partial charge in [-0.1, -0.05) is 24.3 Å². The lowest BCUT2D eigenvalue weighted by Crippen LogP contribution is -2.19. The quantitative estimate of drug-likeness (QED) is 0.658. The summed E-state index contributed by atoms with van der Waals surface area (Å²) in [6, 6.07) is 15.1. The van der Waals surface area contributed by atoms with Gasteiger partial charge in [-0.3, -0.25) is 4.79 Å². The molecule has 0 radical (unpaired) electrons. The number of anilines is 1. The average molecular weight is 390 g/mol. The molecule has 0 fully saturated rings. The smallest absolute Gasteiger partial charge is 0.422 e. The number of hydrogen-bond acceptors (Lipinski definition) is 4. The third-order valence-corrected chi connectivity index (χ3v) is 3.76. The minimum Gasteiger partial charge on any atom is -0.484 e. The summed E-state index contributed by atoms with van der Waals surface area (Å²) in [5, 5.41) is 2.62. The summed E-state index contributed by atoms with van der Waals surface area (Å²) in [6.45, 7) is 0.318. The number of alkyl halides is 3. The Morgan fingerprint density at radius 2 is 1.89 bits per heavy atom. The highest BCUT2D eigenvalue weighted by atomic mass is 19.4. The molecular weight excluding hydrogens is 373 g/mol. The Kier molecular flexibility index (Phi) is 5.67. The van der Waals surface area contributed by atoms with Gasteiger partial charge in [-0.2, -0.15) is 13.2 Å². The lowest BCUT2D eigenvalue weighted by molar-refractivity contribution is -0.153. The first-order valence-electron chi connectivity index (χ1n) is 8.41. The number of rotatable bonds is 6. The maximum atomic E-state index is 12.3. The third kappa shape index (κ3) is 5.35. The molecule has 0 saturated heterocycles. The molecule has 28 heavy (non-hydrogen) atoms. The maximum Gasteiger partial charge on any atom is 0.422 e. The Bertz CT molecular complexity index is 953. The predicted molar refractivity (Wildman–Crippen MR) is 97.0 cm³/mol. The van der Waals surface area contributed by atoms with Gasteiger partial charge in [0, 0.05) is 17.3 Å². The van der Waals surface area contributed by atoms with E-state index in [0.29, 0.717) is 23.0 Å². The van der Waals surface area contributed by atoms with Crippen LogP contribution in [0.4, 0.5) is 18.9 Å². The van der Waals surface area contributed by atoms with E-state index in [2.05, 4.69) is 15.0 Å². The maximum absolute atomic E-state index is 12.3. The Hall–Kier alpha value is -3.29. The first-order chi connectivity index (χ1) is 13.3. The molecule has 0 unspecified atom stereocenters. The number of ether oxygens (including phenoxy) is 1. The zero-order valence-electron chi connectivity index (χ0n) is 14.9. The second-order valence-electron chi connectivity index (χ2n) is 6.04. The van der Waals surface area contributed by atoms with Gasteiger partial charge in [0.15, 0.2) is 6.61 Å². The molecule has 8 heteroatoms. The van der Waals surface area contributed by atoms with E-state index in [0.717, 1.165) is 5.56 Å². The number of nitrogens with one attached hydrogen (secondary N) is 1. The van der Waals surface area contributed by atoms with E-state index in [1.807, 2.05) is 30.3 Å². The molecule has 0 spiro atoms. The average Bonchev–Trinajstić information content (AvgIpc) is 3.01. The minimum absolute atomic E-state index is 0.0131. The molecule has 0 aliphatic heterocycles. The summed E-state index contributed by atoms with van der Waals surface area (Å²) in [7, 11) is 0. The molecular formula is C20H17F3N2O3. The van der Waals surface area contributed by atoms with Gasteiger partial charge in [-0.15, -0.1) is 0 Å². The van der Waals surface area contributed by atoms with E-state index in [1.165, 1.54) is 18.2 Å². The lowest BCUT2D eigenvalue weighted by atomic mass is 10.2. The second-order valence-corrected chi connectivity index (χ2v) is 6.04. The number of amides is 1. The van der Waals surface area contributed by atoms with Crippen molar-refractivity contribution in [1.82, 2.24) is 4.98 Å². The van der Waals surface area contributed by atoms with Crippen LogP contribution in [0.2, 0.25) is 0 Å². The summed E-state index contributed by atoms with van der Waals surface area (Å²) >= 11 is 0. The van der Waals surface area contributed by atoms with Crippen LogP contribution < -0.4 is 10.1 Å². The first-order valence-corrected chi connectivity index (χ1v) is 8.41. The van der Waals surface area contributed by atoms with Crippen LogP contribution in [0.25, 0.3) is 11.5 Å². The molecule has 1 heterocycles. The van der Waals surface area contributed by atoms with Crippen molar-refractivity contribution in [3.05, 3.63) is 66.1 Å². The van der Waals surface area contributed by atoms with Crippen LogP contribution >= 0.6 is 0 Å². The van der Waals surface area contributed by atoms with Gasteiger partial charge < -0.3 is 14.5 Å². The van der Waals surface area contributed by atoms with E-state index >= 15 is 0 Å². The Morgan fingerprint density at radius 3 is 2.61 bits per heavy atom. The van der Waals surface area contributed by atoms with E-state index in [-0.39, 0.29) is 18.1 Å². The van der Waals surface area contributed by atoms with Crippen LogP contribution in [0.5, 0.6) is 5.75 Å². The highest BCUT2D eigenvalue weighted by Crippen LogP contribution is 2.23. The molecule has 0 atom stereocenters. The number of halogens is 3. The number of oxazole rings is 1. The fraction of sp³-hybridized carbons (Fsp3) is 0.200. The molecule has 3 aromatic rings. The van der Waals surface area contributed by atoms with Crippen molar-refractivity contribution >= 4 is 11.6 Å². The summed E-state index contributed by atoms with van der Waals surface area (Å²) in [4.78, 5) is 16.7. The monoisotopic (exact) mass is 390 g/mol. The Morgan fingerprint density at radius 1 is 1.14 bits per heavy atom. The second kappa shape index (κ2) is 8.16. The Balaban J connectivity index is 1.64. The van der Waals surface area contributed by atoms with Crippen molar-refractivity contribution < 1.29 is 27.1 Å². The SMILES string of the molecule is Cc1oc(-c2ccccc2)nc1CC(=O)Nc1cccc(OCC(F)(F)F)c1. The molecule has 5 nitrogen and oxygen atoms in total. The normalized spacial score (nSPS) is 11.3. The largest absolute Gasteiger partial charge is 0.484 e. The lowest BCUT2D eigenvalue weighted by Gasteiger charge is -2.10. The summed E-state index contributed by atoms with van der Waals surface area (Å²) in [6.07, 6.45) is -4.46. The zero-order valence-corrected chi connectivity index (χ0v) is 14.9. The van der Waals surface area contributed by atoms with Crippen molar-refractivity contribution in [2.45, 2.75) is 19.5 Å². The van der Waals surface area contributed by atoms with E-state index in [4.69, 9.17) is 4.42 Å². The zero-order chi connectivity index (χ0) is 20.1. The summed E-state index contributed by atoms with van der Waals surface area (Å²) in [5.74, 6) is 0.586. The topological polar surface area (TPSA) is 64.4 Å². The molecule has 0 aliphatic rings. The van der Waals surface area contributed by atoms with Crippen LogP contribution in [0, 0.1) is 6.92 Å². The van der Waals surface area contributed by atoms with Crippen molar-refractivity contribution in [3.63, 3.8) is 0 Å². The van der Waals surface area contributed by atoms with Gasteiger partial charge in [0.25, 0.3) is 0 Å². The number of carbonyl (C=O) groups excluding carboxylic acids is 1. The molecule has 146 valence electrons. The van der Waals surface area contributed by atoms with Crippen molar-refractivity contribution in [3.8, 4) is 17.2 Å². The van der Waals surface area contributed by atoms with Gasteiger partial charge in [-0.05, 0) is 31.2 Å². The molecule has 0 saturated carbocycles. The molecule has 2 aromatic carbocycles. The predicted octanol–water partition coefficient (Wildman–Crippen LogP) is 4.77. The van der Waals surface area contributed by atoms with Crippen molar-refractivity contribution in [2.75, 3.05) is 11.9 Å². The van der Waals surface area contributed by atoms with E-state index in [1.54, 1.807) is 13.0 Å². The van der Waals surface area contributed by atoms with Gasteiger partial charge in [0.1, 0.15) is 11.5 Å². The van der Waals surface area contributed by atoms with Gasteiger partial charge in [-0.25, -0.2) is 4.98 Å². The van der Waals surface area contributed by atoms with Crippen LogP contribution in [-0.4, -0.2) is 23.7 Å². The van der Waals surface area contributed by atoms with Crippen LogP contribution in [0.1, 0.15) is 11.5 Å². The van der Waals surface area contributed by atoms with Gasteiger partial charge in [0.05, 0.1) is 12.1 Å². The molecule has 3 rings (SSSR count). The van der Waals surface area contributed by atoms with Crippen LogP contribution in [0.3, 0.4) is 0 Å². The number of hydrogen-bond donors (Lipinski definition) is 1. The van der Waals surface area contributed by atoms with E-state index in [9.17, 15) is 18.0 Å². The van der Waals surface area contributed by atoms with Crippen molar-refractivity contribution in [2.24, 2.45) is 0 Å². The molecule has 1 aromatic heterocycles. The number of aryl methyl sites for hydroxylation is 1. The molecule has 0 bridgehead atoms. The summed E-state index contributed by atoms with van der Waals surface area (Å²) < 4.78 is 47.0. The fourth-order valence-corrected chi connectivity index (χ4v) is 2.48. The first kappa shape index (κ1) is 19.5.